The van der Waals surface area contributed by atoms with E-state index in [1.807, 2.05) is 54.6 Å². The zero-order chi connectivity index (χ0) is 16.3. The molecule has 0 aliphatic rings. The van der Waals surface area contributed by atoms with Crippen LogP contribution in [-0.4, -0.2) is 25.6 Å². The van der Waals surface area contributed by atoms with Crippen molar-refractivity contribution in [2.45, 2.75) is 19.8 Å². The Morgan fingerprint density at radius 2 is 1.74 bits per heavy atom. The van der Waals surface area contributed by atoms with Crippen molar-refractivity contribution in [2.75, 3.05) is 25.0 Å². The van der Waals surface area contributed by atoms with Crippen LogP contribution < -0.4 is 15.4 Å². The van der Waals surface area contributed by atoms with Crippen LogP contribution in [-0.2, 0) is 11.2 Å². The van der Waals surface area contributed by atoms with E-state index in [0.717, 1.165) is 30.8 Å². The number of hydrogen-bond acceptors (Lipinski definition) is 3. The van der Waals surface area contributed by atoms with Gasteiger partial charge in [-0.05, 0) is 42.7 Å². The first-order valence-corrected chi connectivity index (χ1v) is 8.05. The number of carbonyl (C=O) groups excluding carboxylic acids is 1. The number of aryl methyl sites for hydroxylation is 1. The van der Waals surface area contributed by atoms with E-state index in [2.05, 4.69) is 17.6 Å². The summed E-state index contributed by atoms with van der Waals surface area (Å²) in [5.74, 6) is 0.632. The molecule has 0 atom stereocenters. The molecule has 0 unspecified atom stereocenters. The summed E-state index contributed by atoms with van der Waals surface area (Å²) in [5, 5.41) is 6.16. The van der Waals surface area contributed by atoms with Gasteiger partial charge in [0, 0.05) is 18.8 Å². The molecule has 0 heterocycles. The van der Waals surface area contributed by atoms with Gasteiger partial charge in [-0.3, -0.25) is 4.79 Å². The standard InChI is InChI=1S/C19H24N2O2/c1-2-16-9-11-18(12-10-16)23-15-19(22)21-14-6-13-20-17-7-4-3-5-8-17/h3-5,7-12,20H,2,6,13-15H2,1H3,(H,21,22). The zero-order valence-electron chi connectivity index (χ0n) is 13.5. The number of benzene rings is 2. The quantitative estimate of drug-likeness (QED) is 0.699. The topological polar surface area (TPSA) is 50.4 Å². The van der Waals surface area contributed by atoms with Gasteiger partial charge in [-0.15, -0.1) is 0 Å². The number of amides is 1. The Kier molecular flexibility index (Phi) is 6.98. The lowest BCUT2D eigenvalue weighted by atomic mass is 10.2. The number of ether oxygens (including phenoxy) is 1. The third kappa shape index (κ3) is 6.43. The Labute approximate surface area is 137 Å². The molecule has 0 aromatic heterocycles. The first kappa shape index (κ1) is 16.9. The van der Waals surface area contributed by atoms with Crippen LogP contribution in [0.3, 0.4) is 0 Å². The van der Waals surface area contributed by atoms with E-state index in [1.165, 1.54) is 5.56 Å². The van der Waals surface area contributed by atoms with Crippen LogP contribution in [0.25, 0.3) is 0 Å². The molecular weight excluding hydrogens is 288 g/mol. The van der Waals surface area contributed by atoms with Crippen LogP contribution in [0.2, 0.25) is 0 Å². The van der Waals surface area contributed by atoms with E-state index in [0.29, 0.717) is 6.54 Å². The Balaban J connectivity index is 1.56. The normalized spacial score (nSPS) is 10.1. The van der Waals surface area contributed by atoms with E-state index < -0.39 is 0 Å². The van der Waals surface area contributed by atoms with Gasteiger partial charge in [-0.1, -0.05) is 37.3 Å². The van der Waals surface area contributed by atoms with Crippen molar-refractivity contribution in [3.05, 3.63) is 60.2 Å². The van der Waals surface area contributed by atoms with Gasteiger partial charge in [0.1, 0.15) is 5.75 Å². The van der Waals surface area contributed by atoms with Crippen molar-refractivity contribution in [1.29, 1.82) is 0 Å². The first-order chi connectivity index (χ1) is 11.3. The summed E-state index contributed by atoms with van der Waals surface area (Å²) in [5.41, 5.74) is 2.35. The lowest BCUT2D eigenvalue weighted by Gasteiger charge is -2.09. The molecule has 0 radical (unpaired) electrons. The second-order valence-electron chi connectivity index (χ2n) is 5.28. The SMILES string of the molecule is CCc1ccc(OCC(=O)NCCCNc2ccccc2)cc1. The average Bonchev–Trinajstić information content (AvgIpc) is 2.61. The molecule has 0 fully saturated rings. The van der Waals surface area contributed by atoms with Crippen LogP contribution >= 0.6 is 0 Å². The molecule has 122 valence electrons. The minimum atomic E-state index is -0.0933. The van der Waals surface area contributed by atoms with Gasteiger partial charge in [-0.2, -0.15) is 0 Å². The summed E-state index contributed by atoms with van der Waals surface area (Å²) in [6, 6.07) is 17.9. The minimum absolute atomic E-state index is 0.0532. The van der Waals surface area contributed by atoms with Gasteiger partial charge in [0.15, 0.2) is 6.61 Å². The molecular formula is C19H24N2O2. The molecule has 0 saturated carbocycles. The van der Waals surface area contributed by atoms with E-state index in [9.17, 15) is 4.79 Å². The summed E-state index contributed by atoms with van der Waals surface area (Å²) in [7, 11) is 0. The van der Waals surface area contributed by atoms with Crippen LogP contribution in [0, 0.1) is 0 Å². The van der Waals surface area contributed by atoms with E-state index in [-0.39, 0.29) is 12.5 Å². The van der Waals surface area contributed by atoms with Gasteiger partial charge in [0.05, 0.1) is 0 Å². The molecule has 2 aromatic rings. The highest BCUT2D eigenvalue weighted by atomic mass is 16.5. The Bertz CT molecular complexity index is 582. The Hall–Kier alpha value is -2.49. The van der Waals surface area contributed by atoms with Crippen LogP contribution in [0.1, 0.15) is 18.9 Å². The molecule has 0 aliphatic carbocycles. The van der Waals surface area contributed by atoms with Crippen molar-refractivity contribution in [3.63, 3.8) is 0 Å². The second kappa shape index (κ2) is 9.51. The first-order valence-electron chi connectivity index (χ1n) is 8.05. The molecule has 0 spiro atoms. The summed E-state index contributed by atoms with van der Waals surface area (Å²) < 4.78 is 5.47. The maximum atomic E-state index is 11.7. The zero-order valence-corrected chi connectivity index (χ0v) is 13.5. The smallest absolute Gasteiger partial charge is 0.257 e. The molecule has 0 aliphatic heterocycles. The summed E-state index contributed by atoms with van der Waals surface area (Å²) in [4.78, 5) is 11.7. The predicted molar refractivity (Wildman–Crippen MR) is 93.9 cm³/mol. The lowest BCUT2D eigenvalue weighted by Crippen LogP contribution is -2.30. The van der Waals surface area contributed by atoms with E-state index >= 15 is 0 Å². The highest BCUT2D eigenvalue weighted by Crippen LogP contribution is 2.12. The maximum absolute atomic E-state index is 11.7. The van der Waals surface area contributed by atoms with Crippen molar-refractivity contribution in [1.82, 2.24) is 5.32 Å². The van der Waals surface area contributed by atoms with Crippen molar-refractivity contribution < 1.29 is 9.53 Å². The number of anilines is 1. The van der Waals surface area contributed by atoms with Gasteiger partial charge in [-0.25, -0.2) is 0 Å². The third-order valence-corrected chi connectivity index (χ3v) is 3.48. The summed E-state index contributed by atoms with van der Waals surface area (Å²) >= 11 is 0. The molecule has 2 rings (SSSR count). The van der Waals surface area contributed by atoms with Gasteiger partial charge >= 0.3 is 0 Å². The fraction of sp³-hybridized carbons (Fsp3) is 0.316. The van der Waals surface area contributed by atoms with Crippen molar-refractivity contribution in [3.8, 4) is 5.75 Å². The van der Waals surface area contributed by atoms with Gasteiger partial charge in [0.2, 0.25) is 0 Å². The minimum Gasteiger partial charge on any atom is -0.484 e. The van der Waals surface area contributed by atoms with Crippen molar-refractivity contribution in [2.24, 2.45) is 0 Å². The highest BCUT2D eigenvalue weighted by molar-refractivity contribution is 5.77. The molecule has 2 aromatic carbocycles. The molecule has 2 N–H and O–H groups in total. The van der Waals surface area contributed by atoms with E-state index in [4.69, 9.17) is 4.74 Å². The molecule has 23 heavy (non-hydrogen) atoms. The highest BCUT2D eigenvalue weighted by Gasteiger charge is 2.02. The number of nitrogens with one attached hydrogen (secondary N) is 2. The second-order valence-corrected chi connectivity index (χ2v) is 5.28. The van der Waals surface area contributed by atoms with Crippen LogP contribution in [0.15, 0.2) is 54.6 Å². The molecule has 0 bridgehead atoms. The third-order valence-electron chi connectivity index (χ3n) is 3.48. The summed E-state index contributed by atoms with van der Waals surface area (Å²) in [6.07, 6.45) is 1.86. The fourth-order valence-corrected chi connectivity index (χ4v) is 2.13. The average molecular weight is 312 g/mol. The monoisotopic (exact) mass is 312 g/mol. The number of hydrogen-bond donors (Lipinski definition) is 2. The Morgan fingerprint density at radius 3 is 2.43 bits per heavy atom. The van der Waals surface area contributed by atoms with E-state index in [1.54, 1.807) is 0 Å². The number of rotatable bonds is 9. The molecule has 1 amide bonds. The maximum Gasteiger partial charge on any atom is 0.257 e. The van der Waals surface area contributed by atoms with Gasteiger partial charge < -0.3 is 15.4 Å². The largest absolute Gasteiger partial charge is 0.484 e. The molecule has 0 saturated heterocycles. The molecule has 4 nitrogen and oxygen atoms in total. The van der Waals surface area contributed by atoms with Crippen LogP contribution in [0.4, 0.5) is 5.69 Å². The Morgan fingerprint density at radius 1 is 1.00 bits per heavy atom. The van der Waals surface area contributed by atoms with Gasteiger partial charge in [0.25, 0.3) is 5.91 Å². The number of para-hydroxylation sites is 1. The summed E-state index contributed by atoms with van der Waals surface area (Å²) in [6.45, 7) is 3.62. The van der Waals surface area contributed by atoms with Crippen LogP contribution in [0.5, 0.6) is 5.75 Å². The van der Waals surface area contributed by atoms with Crippen molar-refractivity contribution >= 4 is 11.6 Å². The lowest BCUT2D eigenvalue weighted by molar-refractivity contribution is -0.123. The number of carbonyl (C=O) groups is 1. The predicted octanol–water partition coefficient (Wildman–Crippen LogP) is 3.25. The fourth-order valence-electron chi connectivity index (χ4n) is 2.13. The molecule has 4 heteroatoms.